The Morgan fingerprint density at radius 1 is 1.17 bits per heavy atom. The Balaban J connectivity index is 1.90. The number of aliphatic imine (C=N–C) groups is 1. The molecular weight excluding hydrogens is 222 g/mol. The second kappa shape index (κ2) is 4.81. The summed E-state index contributed by atoms with van der Waals surface area (Å²) in [6, 6.07) is 14.9. The van der Waals surface area contributed by atoms with Crippen molar-refractivity contribution >= 4 is 16.7 Å². The number of nitrogens with zero attached hydrogens (tertiary/aromatic N) is 1. The van der Waals surface area contributed by atoms with E-state index in [2.05, 4.69) is 54.4 Å². The zero-order valence-corrected chi connectivity index (χ0v) is 10.5. The SMILES string of the molecule is C[C](Cc1cccc2ccccc12)C1=NCCO1. The number of fused-ring (bicyclic) bond motifs is 1. The van der Waals surface area contributed by atoms with Crippen LogP contribution in [0.1, 0.15) is 12.5 Å². The lowest BCUT2D eigenvalue weighted by atomic mass is 9.96. The molecule has 0 saturated carbocycles. The molecule has 0 saturated heterocycles. The third-order valence-electron chi connectivity index (χ3n) is 3.29. The zero-order chi connectivity index (χ0) is 12.4. The van der Waals surface area contributed by atoms with E-state index in [-0.39, 0.29) is 0 Å². The first-order chi connectivity index (χ1) is 8.84. The molecule has 91 valence electrons. The van der Waals surface area contributed by atoms with Crippen molar-refractivity contribution in [1.29, 1.82) is 0 Å². The summed E-state index contributed by atoms with van der Waals surface area (Å²) in [6.07, 6.45) is 0.903. The highest BCUT2D eigenvalue weighted by Gasteiger charge is 2.17. The van der Waals surface area contributed by atoms with Crippen LogP contribution in [-0.4, -0.2) is 19.0 Å². The lowest BCUT2D eigenvalue weighted by Crippen LogP contribution is -2.12. The molecule has 0 aromatic heterocycles. The summed E-state index contributed by atoms with van der Waals surface area (Å²) < 4.78 is 5.51. The molecule has 0 unspecified atom stereocenters. The number of rotatable bonds is 3. The number of hydrogen-bond donors (Lipinski definition) is 0. The van der Waals surface area contributed by atoms with Crippen LogP contribution in [0.5, 0.6) is 0 Å². The highest BCUT2D eigenvalue weighted by molar-refractivity contribution is 5.92. The van der Waals surface area contributed by atoms with Gasteiger partial charge in [0.1, 0.15) is 6.61 Å². The van der Waals surface area contributed by atoms with Gasteiger partial charge in [-0.3, -0.25) is 4.99 Å². The lowest BCUT2D eigenvalue weighted by molar-refractivity contribution is 0.342. The first kappa shape index (κ1) is 11.3. The molecule has 2 aromatic carbocycles. The van der Waals surface area contributed by atoms with E-state index in [1.54, 1.807) is 0 Å². The van der Waals surface area contributed by atoms with Gasteiger partial charge in [0.25, 0.3) is 0 Å². The molecule has 0 atom stereocenters. The second-order valence-corrected chi connectivity index (χ2v) is 4.63. The Morgan fingerprint density at radius 2 is 2.00 bits per heavy atom. The van der Waals surface area contributed by atoms with E-state index >= 15 is 0 Å². The van der Waals surface area contributed by atoms with Gasteiger partial charge in [0, 0.05) is 0 Å². The number of benzene rings is 2. The Kier molecular flexibility index (Phi) is 3.01. The third kappa shape index (κ3) is 2.10. The molecule has 0 fully saturated rings. The van der Waals surface area contributed by atoms with Crippen LogP contribution < -0.4 is 0 Å². The molecule has 1 aliphatic rings. The van der Waals surface area contributed by atoms with Crippen molar-refractivity contribution in [2.45, 2.75) is 13.3 Å². The van der Waals surface area contributed by atoms with Crippen LogP contribution in [0.4, 0.5) is 0 Å². The molecule has 1 radical (unpaired) electrons. The quantitative estimate of drug-likeness (QED) is 0.803. The lowest BCUT2D eigenvalue weighted by Gasteiger charge is -2.12. The fraction of sp³-hybridized carbons (Fsp3) is 0.250. The van der Waals surface area contributed by atoms with Crippen LogP contribution in [-0.2, 0) is 11.2 Å². The normalized spacial score (nSPS) is 14.9. The summed E-state index contributed by atoms with van der Waals surface area (Å²) in [5, 5.41) is 2.61. The molecule has 2 aromatic rings. The van der Waals surface area contributed by atoms with Gasteiger partial charge in [-0.05, 0) is 29.7 Å². The highest BCUT2D eigenvalue weighted by atomic mass is 16.5. The minimum atomic E-state index is 0.724. The Bertz CT molecular complexity index is 583. The third-order valence-corrected chi connectivity index (χ3v) is 3.29. The van der Waals surface area contributed by atoms with E-state index in [1.165, 1.54) is 22.3 Å². The molecule has 2 nitrogen and oxygen atoms in total. The maximum absolute atomic E-state index is 5.51. The standard InChI is InChI=1S/C16H16NO/c1-12(16-17-9-10-18-16)11-14-7-4-6-13-5-2-3-8-15(13)14/h2-8H,9-11H2,1H3. The van der Waals surface area contributed by atoms with Crippen LogP contribution in [0.3, 0.4) is 0 Å². The van der Waals surface area contributed by atoms with Gasteiger partial charge >= 0.3 is 0 Å². The summed E-state index contributed by atoms with van der Waals surface area (Å²) in [7, 11) is 0. The molecule has 1 aliphatic heterocycles. The minimum absolute atomic E-state index is 0.724. The van der Waals surface area contributed by atoms with Gasteiger partial charge in [-0.1, -0.05) is 42.5 Å². The molecule has 1 heterocycles. The van der Waals surface area contributed by atoms with Crippen LogP contribution >= 0.6 is 0 Å². The summed E-state index contributed by atoms with van der Waals surface area (Å²) in [5.41, 5.74) is 1.34. The van der Waals surface area contributed by atoms with E-state index < -0.39 is 0 Å². The minimum Gasteiger partial charge on any atom is -0.479 e. The topological polar surface area (TPSA) is 21.6 Å². The van der Waals surface area contributed by atoms with Gasteiger partial charge in [-0.15, -0.1) is 0 Å². The van der Waals surface area contributed by atoms with Gasteiger partial charge in [0.05, 0.1) is 12.5 Å². The Hall–Kier alpha value is -1.83. The molecule has 0 aliphatic carbocycles. The van der Waals surface area contributed by atoms with Crippen molar-refractivity contribution < 1.29 is 4.74 Å². The maximum atomic E-state index is 5.51. The average molecular weight is 238 g/mol. The summed E-state index contributed by atoms with van der Waals surface area (Å²) in [6.45, 7) is 3.62. The summed E-state index contributed by atoms with van der Waals surface area (Å²) in [5.74, 6) is 2.05. The Morgan fingerprint density at radius 3 is 2.83 bits per heavy atom. The van der Waals surface area contributed by atoms with Gasteiger partial charge in [0.15, 0.2) is 5.90 Å². The number of ether oxygens (including phenoxy) is 1. The first-order valence-electron chi connectivity index (χ1n) is 6.31. The van der Waals surface area contributed by atoms with E-state index in [0.717, 1.165) is 25.5 Å². The second-order valence-electron chi connectivity index (χ2n) is 4.63. The number of hydrogen-bond acceptors (Lipinski definition) is 2. The zero-order valence-electron chi connectivity index (χ0n) is 10.5. The molecule has 0 N–H and O–H groups in total. The first-order valence-corrected chi connectivity index (χ1v) is 6.31. The molecule has 0 bridgehead atoms. The summed E-state index contributed by atoms with van der Waals surface area (Å²) >= 11 is 0. The van der Waals surface area contributed by atoms with Gasteiger partial charge in [-0.25, -0.2) is 0 Å². The fourth-order valence-corrected chi connectivity index (χ4v) is 2.40. The van der Waals surface area contributed by atoms with E-state index in [9.17, 15) is 0 Å². The van der Waals surface area contributed by atoms with Gasteiger partial charge in [0.2, 0.25) is 0 Å². The molecule has 2 heteroatoms. The van der Waals surface area contributed by atoms with Crippen LogP contribution in [0, 0.1) is 5.92 Å². The smallest absolute Gasteiger partial charge is 0.190 e. The fourth-order valence-electron chi connectivity index (χ4n) is 2.40. The Labute approximate surface area is 107 Å². The van der Waals surface area contributed by atoms with Crippen molar-refractivity contribution in [3.05, 3.63) is 53.9 Å². The molecule has 0 amide bonds. The predicted octanol–water partition coefficient (Wildman–Crippen LogP) is 3.41. The molecule has 0 spiro atoms. The van der Waals surface area contributed by atoms with Crippen molar-refractivity contribution in [3.8, 4) is 0 Å². The van der Waals surface area contributed by atoms with Crippen LogP contribution in [0.2, 0.25) is 0 Å². The van der Waals surface area contributed by atoms with E-state index in [0.29, 0.717) is 0 Å². The average Bonchev–Trinajstić information content (AvgIpc) is 2.93. The van der Waals surface area contributed by atoms with Crippen molar-refractivity contribution in [1.82, 2.24) is 0 Å². The van der Waals surface area contributed by atoms with Crippen molar-refractivity contribution in [2.75, 3.05) is 13.2 Å². The van der Waals surface area contributed by atoms with E-state index in [4.69, 9.17) is 4.74 Å². The maximum Gasteiger partial charge on any atom is 0.190 e. The predicted molar refractivity (Wildman–Crippen MR) is 74.8 cm³/mol. The van der Waals surface area contributed by atoms with Crippen LogP contribution in [0.25, 0.3) is 10.8 Å². The van der Waals surface area contributed by atoms with E-state index in [1.807, 2.05) is 0 Å². The van der Waals surface area contributed by atoms with Gasteiger partial charge in [-0.2, -0.15) is 0 Å². The van der Waals surface area contributed by atoms with Crippen LogP contribution in [0.15, 0.2) is 47.5 Å². The monoisotopic (exact) mass is 238 g/mol. The molecular formula is C16H16NO. The van der Waals surface area contributed by atoms with Crippen molar-refractivity contribution in [2.24, 2.45) is 4.99 Å². The molecule has 3 rings (SSSR count). The largest absolute Gasteiger partial charge is 0.479 e. The summed E-state index contributed by atoms with van der Waals surface area (Å²) in [4.78, 5) is 4.37. The van der Waals surface area contributed by atoms with Gasteiger partial charge < -0.3 is 4.74 Å². The van der Waals surface area contributed by atoms with Crippen molar-refractivity contribution in [3.63, 3.8) is 0 Å². The molecule has 18 heavy (non-hydrogen) atoms. The highest BCUT2D eigenvalue weighted by Crippen LogP contribution is 2.23.